The van der Waals surface area contributed by atoms with Gasteiger partial charge in [-0.3, -0.25) is 14.4 Å². The number of amides is 2. The van der Waals surface area contributed by atoms with Gasteiger partial charge in [-0.15, -0.1) is 0 Å². The second-order valence-corrected chi connectivity index (χ2v) is 7.95. The van der Waals surface area contributed by atoms with E-state index in [4.69, 9.17) is 18.9 Å². The van der Waals surface area contributed by atoms with Crippen LogP contribution >= 0.6 is 0 Å². The van der Waals surface area contributed by atoms with E-state index < -0.39 is 17.4 Å². The van der Waals surface area contributed by atoms with E-state index in [1.54, 1.807) is 60.7 Å². The smallest absolute Gasteiger partial charge is 0.279 e. The Bertz CT molecular complexity index is 1580. The van der Waals surface area contributed by atoms with Crippen LogP contribution < -0.4 is 35.1 Å². The molecule has 0 fully saturated rings. The summed E-state index contributed by atoms with van der Waals surface area (Å²) in [7, 11) is 2.97. The molecule has 1 aliphatic rings. The predicted octanol–water partition coefficient (Wildman–Crippen LogP) is 2.50. The van der Waals surface area contributed by atoms with E-state index in [2.05, 4.69) is 15.7 Å². The van der Waals surface area contributed by atoms with Gasteiger partial charge in [-0.25, -0.2) is 0 Å². The van der Waals surface area contributed by atoms with Crippen LogP contribution in [0.15, 0.2) is 65.5 Å². The molecule has 0 saturated carbocycles. The molecule has 188 valence electrons. The molecule has 1 aromatic heterocycles. The Morgan fingerprint density at radius 1 is 0.973 bits per heavy atom. The lowest BCUT2D eigenvalue weighted by atomic mass is 10.1. The number of anilines is 1. The monoisotopic (exact) mass is 502 g/mol. The second kappa shape index (κ2) is 9.90. The van der Waals surface area contributed by atoms with Crippen molar-refractivity contribution >= 4 is 28.3 Å². The lowest BCUT2D eigenvalue weighted by Gasteiger charge is -2.14. The van der Waals surface area contributed by atoms with Crippen molar-refractivity contribution in [3.63, 3.8) is 0 Å². The van der Waals surface area contributed by atoms with Gasteiger partial charge in [0, 0.05) is 23.2 Å². The third-order valence-electron chi connectivity index (χ3n) is 5.70. The molecule has 0 unspecified atom stereocenters. The molecule has 0 atom stereocenters. The molecule has 1 aliphatic heterocycles. The van der Waals surface area contributed by atoms with E-state index in [1.165, 1.54) is 14.2 Å². The lowest BCUT2D eigenvalue weighted by molar-refractivity contribution is -0.115. The zero-order valence-corrected chi connectivity index (χ0v) is 19.9. The molecule has 4 aromatic rings. The summed E-state index contributed by atoms with van der Waals surface area (Å²) >= 11 is 0. The first-order chi connectivity index (χ1) is 18.0. The zero-order chi connectivity index (χ0) is 25.9. The number of hydrogen-bond acceptors (Lipinski definition) is 8. The Morgan fingerprint density at radius 2 is 1.76 bits per heavy atom. The van der Waals surface area contributed by atoms with Crippen LogP contribution in [0, 0.1) is 0 Å². The molecule has 0 spiro atoms. The number of nitrogens with one attached hydrogen (secondary N) is 2. The van der Waals surface area contributed by atoms with Gasteiger partial charge in [-0.2, -0.15) is 9.78 Å². The van der Waals surface area contributed by atoms with Crippen LogP contribution in [0.4, 0.5) is 5.69 Å². The second-order valence-electron chi connectivity index (χ2n) is 7.95. The minimum Gasteiger partial charge on any atom is -0.497 e. The largest absolute Gasteiger partial charge is 0.497 e. The maximum absolute atomic E-state index is 13.3. The number of ether oxygens (including phenoxy) is 4. The summed E-state index contributed by atoms with van der Waals surface area (Å²) in [6.07, 6.45) is 0. The summed E-state index contributed by atoms with van der Waals surface area (Å²) in [5, 5.41) is 10.2. The van der Waals surface area contributed by atoms with Crippen LogP contribution in [0.2, 0.25) is 0 Å². The molecule has 0 aliphatic carbocycles. The van der Waals surface area contributed by atoms with Crippen molar-refractivity contribution in [2.75, 3.05) is 32.9 Å². The van der Waals surface area contributed by atoms with E-state index >= 15 is 0 Å². The van der Waals surface area contributed by atoms with Gasteiger partial charge in [0.1, 0.15) is 17.2 Å². The van der Waals surface area contributed by atoms with Gasteiger partial charge in [0.05, 0.1) is 26.2 Å². The standard InChI is InChI=1S/C26H22N4O7/c1-34-16-8-9-19(21(12-16)35-2)30-26(33)18-6-4-3-5-17(18)24(29-30)25(32)27-13-23(31)28-15-7-10-20-22(11-15)37-14-36-20/h3-12H,13-14H2,1-2H3,(H,27,32)(H,28,31). The van der Waals surface area contributed by atoms with E-state index in [0.717, 1.165) is 4.68 Å². The van der Waals surface area contributed by atoms with E-state index in [0.29, 0.717) is 39.8 Å². The fraction of sp³-hybridized carbons (Fsp3) is 0.154. The Morgan fingerprint density at radius 3 is 2.54 bits per heavy atom. The van der Waals surface area contributed by atoms with Gasteiger partial charge in [0.25, 0.3) is 11.5 Å². The fourth-order valence-corrected chi connectivity index (χ4v) is 3.90. The Balaban J connectivity index is 1.42. The fourth-order valence-electron chi connectivity index (χ4n) is 3.90. The number of benzene rings is 3. The van der Waals surface area contributed by atoms with Gasteiger partial charge < -0.3 is 29.6 Å². The normalized spacial score (nSPS) is 11.7. The van der Waals surface area contributed by atoms with Crippen LogP contribution in [0.25, 0.3) is 16.5 Å². The number of fused-ring (bicyclic) bond motifs is 2. The minimum absolute atomic E-state index is 0.0241. The molecule has 0 saturated heterocycles. The van der Waals surface area contributed by atoms with Gasteiger partial charge >= 0.3 is 0 Å². The zero-order valence-electron chi connectivity index (χ0n) is 19.9. The molecule has 0 radical (unpaired) electrons. The average molecular weight is 502 g/mol. The lowest BCUT2D eigenvalue weighted by Crippen LogP contribution is -2.35. The van der Waals surface area contributed by atoms with Gasteiger partial charge in [0.15, 0.2) is 17.2 Å². The third-order valence-corrected chi connectivity index (χ3v) is 5.70. The highest BCUT2D eigenvalue weighted by molar-refractivity contribution is 6.06. The number of carbonyl (C=O) groups is 2. The maximum Gasteiger partial charge on any atom is 0.279 e. The first-order valence-electron chi connectivity index (χ1n) is 11.2. The van der Waals surface area contributed by atoms with Crippen molar-refractivity contribution in [2.24, 2.45) is 0 Å². The summed E-state index contributed by atoms with van der Waals surface area (Å²) in [4.78, 5) is 38.9. The highest BCUT2D eigenvalue weighted by atomic mass is 16.7. The minimum atomic E-state index is -0.627. The van der Waals surface area contributed by atoms with Gasteiger partial charge in [0.2, 0.25) is 12.7 Å². The van der Waals surface area contributed by atoms with Gasteiger partial charge in [-0.1, -0.05) is 18.2 Å². The summed E-state index contributed by atoms with van der Waals surface area (Å²) in [5.41, 5.74) is 0.362. The first-order valence-corrected chi connectivity index (χ1v) is 11.2. The van der Waals surface area contributed by atoms with Crippen molar-refractivity contribution in [1.29, 1.82) is 0 Å². The van der Waals surface area contributed by atoms with E-state index in [1.807, 2.05) is 0 Å². The molecular formula is C26H22N4O7. The molecule has 11 heteroatoms. The predicted molar refractivity (Wildman–Crippen MR) is 134 cm³/mol. The van der Waals surface area contributed by atoms with Crippen molar-refractivity contribution in [3.05, 3.63) is 76.7 Å². The molecule has 0 bridgehead atoms. The summed E-state index contributed by atoms with van der Waals surface area (Å²) < 4.78 is 22.3. The third kappa shape index (κ3) is 4.61. The van der Waals surface area contributed by atoms with Crippen molar-refractivity contribution in [3.8, 4) is 28.7 Å². The van der Waals surface area contributed by atoms with Gasteiger partial charge in [-0.05, 0) is 30.3 Å². The Kier molecular flexibility index (Phi) is 6.33. The van der Waals surface area contributed by atoms with Crippen LogP contribution in [0.3, 0.4) is 0 Å². The molecule has 2 N–H and O–H groups in total. The number of rotatable bonds is 7. The molecule has 2 heterocycles. The Hall–Kier alpha value is -5.06. The van der Waals surface area contributed by atoms with E-state index in [9.17, 15) is 14.4 Å². The molecule has 3 aromatic carbocycles. The number of aromatic nitrogens is 2. The van der Waals surface area contributed by atoms with Crippen LogP contribution in [0.1, 0.15) is 10.5 Å². The molecule has 2 amide bonds. The molecular weight excluding hydrogens is 480 g/mol. The van der Waals surface area contributed by atoms with Crippen molar-refractivity contribution < 1.29 is 28.5 Å². The quantitative estimate of drug-likeness (QED) is 0.394. The number of carbonyl (C=O) groups excluding carboxylic acids is 2. The number of nitrogens with zero attached hydrogens (tertiary/aromatic N) is 2. The summed E-state index contributed by atoms with van der Waals surface area (Å²) in [6.45, 7) is -0.206. The van der Waals surface area contributed by atoms with Crippen LogP contribution in [-0.2, 0) is 4.79 Å². The molecule has 37 heavy (non-hydrogen) atoms. The summed E-state index contributed by atoms with van der Waals surface area (Å²) in [5.74, 6) is 0.890. The Labute approximate surface area is 210 Å². The number of methoxy groups -OCH3 is 2. The molecule has 11 nitrogen and oxygen atoms in total. The van der Waals surface area contributed by atoms with Crippen LogP contribution in [-0.4, -0.2) is 49.2 Å². The first kappa shape index (κ1) is 23.7. The highest BCUT2D eigenvalue weighted by Crippen LogP contribution is 2.34. The van der Waals surface area contributed by atoms with E-state index in [-0.39, 0.29) is 24.4 Å². The van der Waals surface area contributed by atoms with Crippen molar-refractivity contribution in [1.82, 2.24) is 15.1 Å². The van der Waals surface area contributed by atoms with Crippen molar-refractivity contribution in [2.45, 2.75) is 0 Å². The topological polar surface area (TPSA) is 130 Å². The highest BCUT2D eigenvalue weighted by Gasteiger charge is 2.20. The average Bonchev–Trinajstić information content (AvgIpc) is 3.40. The number of hydrogen-bond donors (Lipinski definition) is 2. The maximum atomic E-state index is 13.3. The SMILES string of the molecule is COc1ccc(-n2nc(C(=O)NCC(=O)Nc3ccc4c(c3)OCO4)c3ccccc3c2=O)c(OC)c1. The summed E-state index contributed by atoms with van der Waals surface area (Å²) in [6, 6.07) is 16.5. The van der Waals surface area contributed by atoms with Crippen LogP contribution in [0.5, 0.6) is 23.0 Å². The molecule has 5 rings (SSSR count).